The van der Waals surface area contributed by atoms with E-state index in [0.29, 0.717) is 30.9 Å². The number of nitrogens with one attached hydrogen (secondary N) is 3. The number of amides is 4. The molecule has 0 atom stereocenters. The van der Waals surface area contributed by atoms with Gasteiger partial charge in [-0.15, -0.1) is 0 Å². The van der Waals surface area contributed by atoms with Gasteiger partial charge < -0.3 is 10.6 Å². The first-order chi connectivity index (χ1) is 11.1. The average Bonchev–Trinajstić information content (AvgIpc) is 2.57. The summed E-state index contributed by atoms with van der Waals surface area (Å²) in [6.07, 6.45) is 1.48. The molecule has 3 rings (SSSR count). The number of benzene rings is 1. The minimum Gasteiger partial charge on any atom is -0.338 e. The summed E-state index contributed by atoms with van der Waals surface area (Å²) < 4.78 is 0. The molecule has 8 nitrogen and oxygen atoms in total. The molecule has 0 bridgehead atoms. The van der Waals surface area contributed by atoms with Crippen LogP contribution >= 0.6 is 0 Å². The zero-order chi connectivity index (χ0) is 16.2. The highest BCUT2D eigenvalue weighted by molar-refractivity contribution is 6.43. The standard InChI is InChI=1S/C15H17N5O3/c21-13-7-6-12(18-19-13)14(22)17-10-2-4-11(5-3-10)20-9-1-8-16-15(20)23/h2-5H,1,6-9H2,(H,16,23)(H,17,22)(H,19,21). The molecule has 23 heavy (non-hydrogen) atoms. The number of nitrogens with zero attached hydrogens (tertiary/aromatic N) is 2. The Labute approximate surface area is 132 Å². The zero-order valence-electron chi connectivity index (χ0n) is 12.5. The van der Waals surface area contributed by atoms with E-state index in [1.165, 1.54) is 0 Å². The molecular weight excluding hydrogens is 298 g/mol. The summed E-state index contributed by atoms with van der Waals surface area (Å²) in [5, 5.41) is 9.27. The Hall–Kier alpha value is -2.90. The second-order valence-electron chi connectivity index (χ2n) is 5.33. The van der Waals surface area contributed by atoms with Gasteiger partial charge in [0.15, 0.2) is 0 Å². The van der Waals surface area contributed by atoms with Crippen molar-refractivity contribution in [2.24, 2.45) is 5.10 Å². The van der Waals surface area contributed by atoms with Crippen LogP contribution in [-0.2, 0) is 9.59 Å². The molecule has 3 N–H and O–H groups in total. The van der Waals surface area contributed by atoms with Crippen LogP contribution in [0.15, 0.2) is 29.4 Å². The molecule has 2 aliphatic heterocycles. The van der Waals surface area contributed by atoms with Gasteiger partial charge in [0.25, 0.3) is 5.91 Å². The molecule has 1 aromatic carbocycles. The predicted octanol–water partition coefficient (Wildman–Crippen LogP) is 0.811. The third-order valence-electron chi connectivity index (χ3n) is 3.68. The van der Waals surface area contributed by atoms with Gasteiger partial charge in [0.05, 0.1) is 0 Å². The van der Waals surface area contributed by atoms with Gasteiger partial charge in [-0.1, -0.05) is 0 Å². The lowest BCUT2D eigenvalue weighted by Gasteiger charge is -2.27. The monoisotopic (exact) mass is 315 g/mol. The molecule has 1 saturated heterocycles. The number of anilines is 2. The third kappa shape index (κ3) is 3.47. The molecule has 1 aromatic rings. The van der Waals surface area contributed by atoms with Gasteiger partial charge in [0.1, 0.15) is 5.71 Å². The molecule has 2 aliphatic rings. The minimum atomic E-state index is -0.339. The smallest absolute Gasteiger partial charge is 0.321 e. The number of carbonyl (C=O) groups is 3. The van der Waals surface area contributed by atoms with E-state index in [-0.39, 0.29) is 24.3 Å². The van der Waals surface area contributed by atoms with Crippen LogP contribution in [0.4, 0.5) is 16.2 Å². The van der Waals surface area contributed by atoms with Gasteiger partial charge in [-0.2, -0.15) is 5.10 Å². The Morgan fingerprint density at radius 3 is 2.61 bits per heavy atom. The lowest BCUT2D eigenvalue weighted by atomic mass is 10.1. The Morgan fingerprint density at radius 1 is 1.17 bits per heavy atom. The maximum absolute atomic E-state index is 12.0. The van der Waals surface area contributed by atoms with Crippen LogP contribution in [0.3, 0.4) is 0 Å². The van der Waals surface area contributed by atoms with Crippen molar-refractivity contribution in [3.63, 3.8) is 0 Å². The van der Waals surface area contributed by atoms with Crippen molar-refractivity contribution in [2.45, 2.75) is 19.3 Å². The van der Waals surface area contributed by atoms with E-state index in [9.17, 15) is 14.4 Å². The molecule has 4 amide bonds. The van der Waals surface area contributed by atoms with Crippen molar-refractivity contribution in [1.82, 2.24) is 10.7 Å². The molecule has 0 aromatic heterocycles. The van der Waals surface area contributed by atoms with Crippen LogP contribution in [0.1, 0.15) is 19.3 Å². The van der Waals surface area contributed by atoms with Crippen LogP contribution < -0.4 is 21.0 Å². The first kappa shape index (κ1) is 15.0. The van der Waals surface area contributed by atoms with Gasteiger partial charge in [0, 0.05) is 37.3 Å². The summed E-state index contributed by atoms with van der Waals surface area (Å²) in [5.41, 5.74) is 3.98. The number of hydrogen-bond donors (Lipinski definition) is 3. The SMILES string of the molecule is O=C1CCC(C(=O)Nc2ccc(N3CCCNC3=O)cc2)=NN1. The van der Waals surface area contributed by atoms with Crippen LogP contribution in [0.25, 0.3) is 0 Å². The van der Waals surface area contributed by atoms with E-state index < -0.39 is 0 Å². The highest BCUT2D eigenvalue weighted by atomic mass is 16.2. The van der Waals surface area contributed by atoms with Crippen LogP contribution in [0.2, 0.25) is 0 Å². The van der Waals surface area contributed by atoms with Crippen molar-refractivity contribution < 1.29 is 14.4 Å². The number of hydrazone groups is 1. The Morgan fingerprint density at radius 2 is 1.96 bits per heavy atom. The summed E-state index contributed by atoms with van der Waals surface area (Å²) >= 11 is 0. The summed E-state index contributed by atoms with van der Waals surface area (Å²) in [7, 11) is 0. The predicted molar refractivity (Wildman–Crippen MR) is 85.2 cm³/mol. The second-order valence-corrected chi connectivity index (χ2v) is 5.33. The Bertz CT molecular complexity index is 668. The van der Waals surface area contributed by atoms with Gasteiger partial charge in [-0.3, -0.25) is 14.5 Å². The molecule has 2 heterocycles. The topological polar surface area (TPSA) is 103 Å². The summed E-state index contributed by atoms with van der Waals surface area (Å²) in [6, 6.07) is 6.92. The van der Waals surface area contributed by atoms with E-state index in [2.05, 4.69) is 21.2 Å². The molecule has 0 unspecified atom stereocenters. The van der Waals surface area contributed by atoms with Crippen molar-refractivity contribution in [3.05, 3.63) is 24.3 Å². The van der Waals surface area contributed by atoms with Crippen molar-refractivity contribution in [1.29, 1.82) is 0 Å². The fourth-order valence-corrected chi connectivity index (χ4v) is 2.44. The maximum atomic E-state index is 12.0. The van der Waals surface area contributed by atoms with E-state index >= 15 is 0 Å². The van der Waals surface area contributed by atoms with Crippen molar-refractivity contribution in [2.75, 3.05) is 23.3 Å². The molecule has 0 saturated carbocycles. The number of rotatable bonds is 3. The number of carbonyl (C=O) groups excluding carboxylic acids is 3. The molecule has 0 spiro atoms. The second kappa shape index (κ2) is 6.47. The van der Waals surface area contributed by atoms with Crippen molar-refractivity contribution in [3.8, 4) is 0 Å². The van der Waals surface area contributed by atoms with Gasteiger partial charge in [-0.25, -0.2) is 10.2 Å². The van der Waals surface area contributed by atoms with Gasteiger partial charge in [0.2, 0.25) is 5.91 Å². The number of urea groups is 1. The van der Waals surface area contributed by atoms with E-state index in [1.807, 2.05) is 0 Å². The third-order valence-corrected chi connectivity index (χ3v) is 3.68. The average molecular weight is 315 g/mol. The van der Waals surface area contributed by atoms with E-state index in [0.717, 1.165) is 12.1 Å². The Kier molecular flexibility index (Phi) is 4.22. The van der Waals surface area contributed by atoms with E-state index in [4.69, 9.17) is 0 Å². The summed E-state index contributed by atoms with van der Waals surface area (Å²) in [5.74, 6) is -0.529. The minimum absolute atomic E-state index is 0.111. The van der Waals surface area contributed by atoms with Crippen LogP contribution in [0.5, 0.6) is 0 Å². The zero-order valence-corrected chi connectivity index (χ0v) is 12.5. The maximum Gasteiger partial charge on any atom is 0.321 e. The first-order valence-corrected chi connectivity index (χ1v) is 7.46. The fourth-order valence-electron chi connectivity index (χ4n) is 2.44. The summed E-state index contributed by atoms with van der Waals surface area (Å²) in [4.78, 5) is 36.5. The van der Waals surface area contributed by atoms with Gasteiger partial charge in [-0.05, 0) is 30.7 Å². The molecule has 0 radical (unpaired) electrons. The lowest BCUT2D eigenvalue weighted by molar-refractivity contribution is -0.121. The van der Waals surface area contributed by atoms with Gasteiger partial charge >= 0.3 is 6.03 Å². The molecular formula is C15H17N5O3. The van der Waals surface area contributed by atoms with Crippen LogP contribution in [-0.4, -0.2) is 36.6 Å². The number of hydrogen-bond acceptors (Lipinski definition) is 4. The normalized spacial score (nSPS) is 17.9. The fraction of sp³-hybridized carbons (Fsp3) is 0.333. The first-order valence-electron chi connectivity index (χ1n) is 7.46. The molecule has 1 fully saturated rings. The molecule has 0 aliphatic carbocycles. The van der Waals surface area contributed by atoms with Crippen LogP contribution in [0, 0.1) is 0 Å². The quantitative estimate of drug-likeness (QED) is 0.769. The molecule has 8 heteroatoms. The molecule has 120 valence electrons. The highest BCUT2D eigenvalue weighted by Crippen LogP contribution is 2.20. The largest absolute Gasteiger partial charge is 0.338 e. The Balaban J connectivity index is 1.64. The van der Waals surface area contributed by atoms with Crippen molar-refractivity contribution >= 4 is 34.9 Å². The van der Waals surface area contributed by atoms with E-state index in [1.54, 1.807) is 29.2 Å². The highest BCUT2D eigenvalue weighted by Gasteiger charge is 2.20. The lowest BCUT2D eigenvalue weighted by Crippen LogP contribution is -2.46. The summed E-state index contributed by atoms with van der Waals surface area (Å²) in [6.45, 7) is 1.37.